The van der Waals surface area contributed by atoms with E-state index in [2.05, 4.69) is 36.1 Å². The molecule has 2 heterocycles. The Labute approximate surface area is 310 Å². The molecule has 51 heavy (non-hydrogen) atoms. The molecule has 13 heteroatoms. The maximum Gasteiger partial charge on any atom is 0.243 e. The van der Waals surface area contributed by atoms with Crippen LogP contribution in [0.2, 0.25) is 10.0 Å². The first-order chi connectivity index (χ1) is 23.8. The number of ether oxygens (including phenoxy) is 1. The highest BCUT2D eigenvalue weighted by atomic mass is 35.5. The van der Waals surface area contributed by atoms with Gasteiger partial charge in [0.2, 0.25) is 5.91 Å². The summed E-state index contributed by atoms with van der Waals surface area (Å²) < 4.78 is 40.1. The van der Waals surface area contributed by atoms with Crippen LogP contribution in [0.15, 0.2) is 48.7 Å². The topological polar surface area (TPSA) is 109 Å². The number of carbonyl (C=O) groups excluding carboxylic acids is 1. The zero-order valence-corrected chi connectivity index (χ0v) is 32.1. The minimum Gasteiger partial charge on any atom is -0.389 e. The molecule has 4 N–H and O–H groups in total. The second-order valence-electron chi connectivity index (χ2n) is 16.4. The monoisotopic (exact) mass is 748 g/mol. The van der Waals surface area contributed by atoms with E-state index in [1.54, 1.807) is 41.2 Å². The minimum absolute atomic E-state index is 0.114. The number of likely N-dealkylation sites (tertiary alicyclic amines) is 1. The minimum atomic E-state index is -1.57. The lowest BCUT2D eigenvalue weighted by Gasteiger charge is -2.41. The summed E-state index contributed by atoms with van der Waals surface area (Å²) in [6.07, 6.45) is 3.57. The number of benzene rings is 2. The lowest BCUT2D eigenvalue weighted by molar-refractivity contribution is -0.121. The molecule has 1 amide bonds. The van der Waals surface area contributed by atoms with Gasteiger partial charge in [-0.3, -0.25) is 14.4 Å². The Morgan fingerprint density at radius 3 is 2.49 bits per heavy atom. The van der Waals surface area contributed by atoms with Gasteiger partial charge in [-0.25, -0.2) is 8.78 Å². The molecule has 1 aromatic heterocycles. The van der Waals surface area contributed by atoms with Crippen molar-refractivity contribution in [1.29, 1.82) is 0 Å². The number of hydrogen-bond donors (Lipinski definition) is 3. The fraction of sp³-hybridized carbons (Fsp3) is 0.579. The molecular weight excluding hydrogens is 697 g/mol. The summed E-state index contributed by atoms with van der Waals surface area (Å²) in [5, 5.41) is 18.0. The summed E-state index contributed by atoms with van der Waals surface area (Å²) in [6.45, 7) is 11.5. The van der Waals surface area contributed by atoms with E-state index in [1.807, 2.05) is 32.8 Å². The van der Waals surface area contributed by atoms with Crippen LogP contribution in [0.4, 0.5) is 14.6 Å². The van der Waals surface area contributed by atoms with Crippen molar-refractivity contribution < 1.29 is 23.4 Å². The number of aliphatic hydroxyl groups is 1. The smallest absolute Gasteiger partial charge is 0.243 e. The van der Waals surface area contributed by atoms with E-state index < -0.39 is 52.8 Å². The van der Waals surface area contributed by atoms with Crippen molar-refractivity contribution in [3.8, 4) is 0 Å². The normalized spacial score (nSPS) is 23.6. The standard InChI is InChI=1S/C38H52Cl2F2N6O3/c1-36(2,3)18-30-38(43,27-14-13-24(39)17-29(27)41)32(26-9-8-10-28(40)33(26)42)34(48(30)19-23-11-12-23)35(50)44-31-15-16-47(45-31)22-37(4,5)51-21-25(49)20-46(6)7/h8-10,13-17,23,25,30,32,34,49H,11-12,18-22,43H2,1-7H3,(H,44,45,50)/t25-,30+,32+,34-,38-/m1/s1. The van der Waals surface area contributed by atoms with Gasteiger partial charge in [-0.2, -0.15) is 5.10 Å². The van der Waals surface area contributed by atoms with Crippen molar-refractivity contribution in [2.24, 2.45) is 17.1 Å². The maximum absolute atomic E-state index is 16.2. The van der Waals surface area contributed by atoms with E-state index in [1.165, 1.54) is 12.1 Å². The summed E-state index contributed by atoms with van der Waals surface area (Å²) in [7, 11) is 3.76. The molecule has 2 aliphatic rings. The Bertz CT molecular complexity index is 1690. The first-order valence-electron chi connectivity index (χ1n) is 17.5. The van der Waals surface area contributed by atoms with E-state index in [0.29, 0.717) is 37.8 Å². The van der Waals surface area contributed by atoms with Gasteiger partial charge in [0.15, 0.2) is 5.82 Å². The van der Waals surface area contributed by atoms with Crippen molar-refractivity contribution in [2.45, 2.75) is 95.7 Å². The molecule has 0 spiro atoms. The molecule has 280 valence electrons. The molecule has 2 fully saturated rings. The number of rotatable bonds is 14. The van der Waals surface area contributed by atoms with Gasteiger partial charge in [0.05, 0.1) is 41.5 Å². The van der Waals surface area contributed by atoms with Crippen LogP contribution in [0.5, 0.6) is 0 Å². The van der Waals surface area contributed by atoms with Gasteiger partial charge in [-0.15, -0.1) is 0 Å². The molecule has 1 aliphatic heterocycles. The molecule has 3 aromatic rings. The van der Waals surface area contributed by atoms with Gasteiger partial charge in [0, 0.05) is 47.9 Å². The quantitative estimate of drug-likeness (QED) is 0.169. The highest BCUT2D eigenvalue weighted by molar-refractivity contribution is 6.31. The number of nitrogens with two attached hydrogens (primary N) is 1. The van der Waals surface area contributed by atoms with Crippen LogP contribution < -0.4 is 11.1 Å². The first-order valence-corrected chi connectivity index (χ1v) is 18.3. The number of aliphatic hydroxyl groups excluding tert-OH is 1. The van der Waals surface area contributed by atoms with Crippen LogP contribution in [0.3, 0.4) is 0 Å². The maximum atomic E-state index is 16.2. The predicted molar refractivity (Wildman–Crippen MR) is 198 cm³/mol. The highest BCUT2D eigenvalue weighted by Gasteiger charge is 2.63. The van der Waals surface area contributed by atoms with Crippen LogP contribution >= 0.6 is 23.2 Å². The van der Waals surface area contributed by atoms with Gasteiger partial charge in [-0.1, -0.05) is 62.2 Å². The molecule has 0 radical (unpaired) electrons. The average molecular weight is 750 g/mol. The number of amides is 1. The van der Waals surface area contributed by atoms with Crippen molar-refractivity contribution in [3.05, 3.63) is 81.5 Å². The fourth-order valence-electron chi connectivity index (χ4n) is 7.46. The lowest BCUT2D eigenvalue weighted by atomic mass is 9.68. The van der Waals surface area contributed by atoms with Gasteiger partial charge >= 0.3 is 0 Å². The molecule has 1 saturated heterocycles. The van der Waals surface area contributed by atoms with Crippen LogP contribution in [-0.4, -0.2) is 88.2 Å². The Morgan fingerprint density at radius 1 is 1.16 bits per heavy atom. The third-order valence-corrected chi connectivity index (χ3v) is 10.3. The molecule has 2 aromatic carbocycles. The summed E-state index contributed by atoms with van der Waals surface area (Å²) in [6, 6.07) is 9.12. The van der Waals surface area contributed by atoms with Crippen LogP contribution in [-0.2, 0) is 21.6 Å². The first kappa shape index (κ1) is 39.6. The van der Waals surface area contributed by atoms with E-state index in [-0.39, 0.29) is 33.2 Å². The van der Waals surface area contributed by atoms with Gasteiger partial charge in [0.25, 0.3) is 0 Å². The van der Waals surface area contributed by atoms with Crippen LogP contribution in [0, 0.1) is 23.0 Å². The lowest BCUT2D eigenvalue weighted by Crippen LogP contribution is -2.53. The van der Waals surface area contributed by atoms with E-state index >= 15 is 8.78 Å². The van der Waals surface area contributed by atoms with E-state index in [4.69, 9.17) is 33.7 Å². The molecule has 5 atom stereocenters. The Balaban J connectivity index is 1.54. The number of halogens is 4. The number of carbonyl (C=O) groups is 1. The number of nitrogens with one attached hydrogen (secondary N) is 1. The second kappa shape index (κ2) is 15.4. The molecule has 1 saturated carbocycles. The third kappa shape index (κ3) is 9.30. The summed E-state index contributed by atoms with van der Waals surface area (Å²) >= 11 is 12.6. The molecule has 5 rings (SSSR count). The van der Waals surface area contributed by atoms with E-state index in [0.717, 1.165) is 12.8 Å². The number of anilines is 1. The summed E-state index contributed by atoms with van der Waals surface area (Å²) in [5.74, 6) is -2.19. The number of likely N-dealkylation sites (N-methyl/N-ethyl adjacent to an activating group) is 1. The predicted octanol–water partition coefficient (Wildman–Crippen LogP) is 6.66. The van der Waals surface area contributed by atoms with Crippen molar-refractivity contribution in [2.75, 3.05) is 39.1 Å². The SMILES string of the molecule is CN(C)C[C@@H](O)COC(C)(C)Cn1ccc(NC(=O)[C@H]2[C@H](c3cccc(Cl)c3F)[C@@](N)(c3ccc(Cl)cc3F)[C@H](CC(C)(C)C)N2CC2CC2)n1. The second-order valence-corrected chi connectivity index (χ2v) is 17.3. The van der Waals surface area contributed by atoms with Gasteiger partial charge in [-0.05, 0) is 82.3 Å². The van der Waals surface area contributed by atoms with Gasteiger partial charge in [0.1, 0.15) is 11.6 Å². The van der Waals surface area contributed by atoms with Crippen molar-refractivity contribution in [1.82, 2.24) is 19.6 Å². The average Bonchev–Trinajstić information content (AvgIpc) is 3.68. The number of hydrogen-bond acceptors (Lipinski definition) is 7. The van der Waals surface area contributed by atoms with Crippen molar-refractivity contribution in [3.63, 3.8) is 0 Å². The Morgan fingerprint density at radius 2 is 1.86 bits per heavy atom. The summed E-state index contributed by atoms with van der Waals surface area (Å²) in [4.78, 5) is 18.7. The summed E-state index contributed by atoms with van der Waals surface area (Å²) in [5.41, 5.74) is 5.32. The molecule has 0 unspecified atom stereocenters. The largest absolute Gasteiger partial charge is 0.389 e. The van der Waals surface area contributed by atoms with Gasteiger partial charge < -0.3 is 25.8 Å². The third-order valence-electron chi connectivity index (χ3n) is 9.77. The van der Waals surface area contributed by atoms with E-state index in [9.17, 15) is 9.90 Å². The molecule has 9 nitrogen and oxygen atoms in total. The highest BCUT2D eigenvalue weighted by Crippen LogP contribution is 2.55. The Kier molecular flexibility index (Phi) is 11.9. The van der Waals surface area contributed by atoms with Crippen LogP contribution in [0.1, 0.15) is 70.9 Å². The Hall–Kier alpha value is -2.64. The number of nitrogens with zero attached hydrogens (tertiary/aromatic N) is 4. The molecule has 1 aliphatic carbocycles. The van der Waals surface area contributed by atoms with Crippen molar-refractivity contribution >= 4 is 34.9 Å². The van der Waals surface area contributed by atoms with Crippen LogP contribution in [0.25, 0.3) is 0 Å². The number of aromatic nitrogens is 2. The molecule has 0 bridgehead atoms. The zero-order valence-electron chi connectivity index (χ0n) is 30.6. The molecular formula is C38H52Cl2F2N6O3. The fourth-order valence-corrected chi connectivity index (χ4v) is 7.80. The zero-order chi connectivity index (χ0) is 37.5.